The molecule has 0 amide bonds. The van der Waals surface area contributed by atoms with E-state index in [-0.39, 0.29) is 5.54 Å². The Balaban J connectivity index is 4.96. The van der Waals surface area contributed by atoms with Crippen LogP contribution in [0.2, 0.25) is 64.5 Å². The van der Waals surface area contributed by atoms with Gasteiger partial charge < -0.3 is 9.34 Å². The van der Waals surface area contributed by atoms with Gasteiger partial charge in [0.2, 0.25) is 0 Å². The average Bonchev–Trinajstić information content (AvgIpc) is 2.04. The predicted molar refractivity (Wildman–Crippen MR) is 92.7 cm³/mol. The van der Waals surface area contributed by atoms with Crippen LogP contribution in [0.4, 0.5) is 0 Å². The Labute approximate surface area is 122 Å². The van der Waals surface area contributed by atoms with Crippen molar-refractivity contribution in [2.45, 2.75) is 70.9 Å². The molecule has 19 heavy (non-hydrogen) atoms. The molecule has 114 valence electrons. The summed E-state index contributed by atoms with van der Waals surface area (Å²) < 4.78 is 2.69. The van der Waals surface area contributed by atoms with E-state index in [1.165, 1.54) is 0 Å². The van der Waals surface area contributed by atoms with E-state index in [0.29, 0.717) is 0 Å². The summed E-state index contributed by atoms with van der Waals surface area (Å²) in [5, 5.41) is 9.47. The number of nitrogens with zero attached hydrogens (tertiary/aromatic N) is 1. The zero-order chi connectivity index (χ0) is 15.6. The molecular formula is C13H33NO2Si3. The van der Waals surface area contributed by atoms with E-state index in [1.807, 2.05) is 0 Å². The first kappa shape index (κ1) is 19.1. The van der Waals surface area contributed by atoms with Crippen molar-refractivity contribution in [2.75, 3.05) is 6.54 Å². The molecule has 0 bridgehead atoms. The van der Waals surface area contributed by atoms with E-state index in [1.54, 1.807) is 0 Å². The van der Waals surface area contributed by atoms with Crippen LogP contribution in [-0.4, -0.2) is 46.4 Å². The maximum atomic E-state index is 11.5. The first-order valence-electron chi connectivity index (χ1n) is 7.18. The van der Waals surface area contributed by atoms with Crippen molar-refractivity contribution in [3.05, 3.63) is 0 Å². The first-order valence-corrected chi connectivity index (χ1v) is 17.6. The number of hydrogen-bond donors (Lipinski definition) is 1. The molecular weight excluding hydrogens is 286 g/mol. The smallest absolute Gasteiger partial charge is 0.303 e. The van der Waals surface area contributed by atoms with Crippen molar-refractivity contribution < 1.29 is 9.90 Å². The van der Waals surface area contributed by atoms with Crippen LogP contribution < -0.4 is 0 Å². The molecule has 0 aliphatic heterocycles. The van der Waals surface area contributed by atoms with Gasteiger partial charge in [0.15, 0.2) is 0 Å². The van der Waals surface area contributed by atoms with E-state index in [2.05, 4.69) is 63.2 Å². The van der Waals surface area contributed by atoms with Gasteiger partial charge >= 0.3 is 5.97 Å². The molecule has 0 heterocycles. The molecule has 1 atom stereocenters. The lowest BCUT2D eigenvalue weighted by atomic mass is 10.3. The minimum Gasteiger partial charge on any atom is -0.481 e. The lowest BCUT2D eigenvalue weighted by Crippen LogP contribution is -2.59. The van der Waals surface area contributed by atoms with E-state index < -0.39 is 30.5 Å². The molecule has 0 radical (unpaired) electrons. The molecule has 3 nitrogen and oxygen atoms in total. The third-order valence-corrected chi connectivity index (χ3v) is 13.9. The van der Waals surface area contributed by atoms with Crippen molar-refractivity contribution >= 4 is 30.5 Å². The van der Waals surface area contributed by atoms with E-state index >= 15 is 0 Å². The second-order valence-corrected chi connectivity index (χ2v) is 24.2. The molecule has 0 aliphatic carbocycles. The lowest BCUT2D eigenvalue weighted by Gasteiger charge is -2.44. The maximum Gasteiger partial charge on any atom is 0.303 e. The summed E-state index contributed by atoms with van der Waals surface area (Å²) in [6.07, 6.45) is 0.819. The van der Waals surface area contributed by atoms with Crippen molar-refractivity contribution in [3.8, 4) is 0 Å². The zero-order valence-electron chi connectivity index (χ0n) is 14.3. The van der Waals surface area contributed by atoms with Crippen LogP contribution in [0.15, 0.2) is 0 Å². The zero-order valence-corrected chi connectivity index (χ0v) is 17.3. The summed E-state index contributed by atoms with van der Waals surface area (Å²) in [5.74, 6) is -0.592. The Morgan fingerprint density at radius 3 is 1.53 bits per heavy atom. The van der Waals surface area contributed by atoms with Crippen LogP contribution in [-0.2, 0) is 4.79 Å². The normalized spacial score (nSPS) is 15.7. The molecule has 0 aromatic rings. The van der Waals surface area contributed by atoms with Gasteiger partial charge in [0.1, 0.15) is 16.5 Å². The van der Waals surface area contributed by atoms with Crippen LogP contribution in [0.5, 0.6) is 0 Å². The van der Waals surface area contributed by atoms with E-state index in [4.69, 9.17) is 0 Å². The van der Waals surface area contributed by atoms with Crippen molar-refractivity contribution in [1.82, 2.24) is 4.23 Å². The van der Waals surface area contributed by atoms with Gasteiger partial charge in [-0.2, -0.15) is 0 Å². The molecule has 1 N–H and O–H groups in total. The number of carbonyl (C=O) groups is 1. The second kappa shape index (κ2) is 6.24. The summed E-state index contributed by atoms with van der Waals surface area (Å²) in [7, 11) is -4.36. The molecule has 0 spiro atoms. The van der Waals surface area contributed by atoms with Crippen LogP contribution in [0.3, 0.4) is 0 Å². The number of carboxylic acids is 1. The highest BCUT2D eigenvalue weighted by molar-refractivity contribution is 6.89. The molecule has 6 heteroatoms. The Morgan fingerprint density at radius 1 is 0.947 bits per heavy atom. The van der Waals surface area contributed by atoms with Gasteiger partial charge in [-0.15, -0.1) is 0 Å². The SMILES string of the molecule is C[Si](C)(C)C(CCN([Si](C)(C)C)[Si](C)(C)C)C(=O)O. The van der Waals surface area contributed by atoms with Crippen LogP contribution >= 0.6 is 0 Å². The molecule has 1 unspecified atom stereocenters. The third kappa shape index (κ3) is 6.38. The van der Waals surface area contributed by atoms with Gasteiger partial charge in [-0.1, -0.05) is 58.9 Å². The Kier molecular flexibility index (Phi) is 6.26. The highest BCUT2D eigenvalue weighted by atomic mass is 28.4. The van der Waals surface area contributed by atoms with Gasteiger partial charge in [-0.05, 0) is 13.0 Å². The minimum atomic E-state index is -1.63. The van der Waals surface area contributed by atoms with Gasteiger partial charge in [0, 0.05) is 0 Å². The van der Waals surface area contributed by atoms with E-state index in [0.717, 1.165) is 13.0 Å². The quantitative estimate of drug-likeness (QED) is 0.717. The fraction of sp³-hybridized carbons (Fsp3) is 0.923. The summed E-state index contributed by atoms with van der Waals surface area (Å²) in [6.45, 7) is 21.7. The van der Waals surface area contributed by atoms with Gasteiger partial charge in [-0.3, -0.25) is 4.79 Å². The largest absolute Gasteiger partial charge is 0.481 e. The number of carboxylic acid groups (broad SMARTS) is 1. The Morgan fingerprint density at radius 2 is 1.32 bits per heavy atom. The number of hydrogen-bond acceptors (Lipinski definition) is 2. The van der Waals surface area contributed by atoms with Crippen LogP contribution in [0.25, 0.3) is 0 Å². The molecule has 0 saturated heterocycles. The molecule has 0 saturated carbocycles. The first-order chi connectivity index (χ1) is 8.17. The number of aliphatic carboxylic acids is 1. The van der Waals surface area contributed by atoms with Crippen LogP contribution in [0, 0.1) is 0 Å². The van der Waals surface area contributed by atoms with Crippen molar-refractivity contribution in [1.29, 1.82) is 0 Å². The van der Waals surface area contributed by atoms with Crippen LogP contribution in [0.1, 0.15) is 6.42 Å². The lowest BCUT2D eigenvalue weighted by molar-refractivity contribution is -0.137. The standard InChI is InChI=1S/C13H33NO2Si3/c1-17(2,3)12(13(15)16)10-11-14(18(4,5)6)19(7,8)9/h12H,10-11H2,1-9H3,(H,15,16). The predicted octanol–water partition coefficient (Wildman–Crippen LogP) is 4.14. The highest BCUT2D eigenvalue weighted by Gasteiger charge is 2.37. The van der Waals surface area contributed by atoms with Gasteiger partial charge in [-0.25, -0.2) is 0 Å². The Hall–Kier alpha value is 0.0806. The summed E-state index contributed by atoms with van der Waals surface area (Å²) in [6, 6.07) is 0. The minimum absolute atomic E-state index is 0.123. The highest BCUT2D eigenvalue weighted by Crippen LogP contribution is 2.28. The summed E-state index contributed by atoms with van der Waals surface area (Å²) in [4.78, 5) is 11.5. The molecule has 0 aromatic carbocycles. The summed E-state index contributed by atoms with van der Waals surface area (Å²) >= 11 is 0. The molecule has 0 fully saturated rings. The van der Waals surface area contributed by atoms with Crippen molar-refractivity contribution in [3.63, 3.8) is 0 Å². The second-order valence-electron chi connectivity index (χ2n) is 8.54. The molecule has 0 aromatic heterocycles. The van der Waals surface area contributed by atoms with Crippen molar-refractivity contribution in [2.24, 2.45) is 0 Å². The molecule has 0 rings (SSSR count). The fourth-order valence-corrected chi connectivity index (χ4v) is 14.2. The fourth-order valence-electron chi connectivity index (χ4n) is 2.86. The monoisotopic (exact) mass is 319 g/mol. The summed E-state index contributed by atoms with van der Waals surface area (Å²) in [5.41, 5.74) is -0.123. The average molecular weight is 320 g/mol. The third-order valence-electron chi connectivity index (χ3n) is 3.60. The van der Waals surface area contributed by atoms with E-state index in [9.17, 15) is 9.90 Å². The number of rotatable bonds is 7. The Bertz CT molecular complexity index is 299. The van der Waals surface area contributed by atoms with Gasteiger partial charge in [0.25, 0.3) is 0 Å². The topological polar surface area (TPSA) is 40.5 Å². The van der Waals surface area contributed by atoms with Gasteiger partial charge in [0.05, 0.1) is 13.6 Å². The molecule has 0 aliphatic rings. The maximum absolute atomic E-state index is 11.5.